The van der Waals surface area contributed by atoms with Gasteiger partial charge in [-0.15, -0.1) is 0 Å². The summed E-state index contributed by atoms with van der Waals surface area (Å²) in [4.78, 5) is 24.0. The van der Waals surface area contributed by atoms with E-state index in [-0.39, 0.29) is 22.9 Å². The van der Waals surface area contributed by atoms with Crippen LogP contribution in [0.4, 0.5) is 0 Å². The summed E-state index contributed by atoms with van der Waals surface area (Å²) in [7, 11) is 0. The molecule has 3 nitrogen and oxygen atoms in total. The molecule has 1 saturated carbocycles. The molecule has 102 valence electrons. The van der Waals surface area contributed by atoms with Gasteiger partial charge < -0.3 is 4.57 Å². The highest BCUT2D eigenvalue weighted by Gasteiger charge is 2.28. The average Bonchev–Trinajstić information content (AvgIpc) is 3.23. The Labute approximate surface area is 117 Å². The fourth-order valence-electron chi connectivity index (χ4n) is 2.48. The van der Waals surface area contributed by atoms with Crippen LogP contribution >= 0.6 is 0 Å². The van der Waals surface area contributed by atoms with E-state index in [1.165, 1.54) is 12.5 Å². The Bertz CT molecular complexity index is 722. The van der Waals surface area contributed by atoms with Crippen LogP contribution in [-0.2, 0) is 0 Å². The maximum Gasteiger partial charge on any atom is 0.262 e. The molecule has 1 aromatic heterocycles. The molecule has 0 aliphatic heterocycles. The molecule has 0 unspecified atom stereocenters. The van der Waals surface area contributed by atoms with Crippen LogP contribution in [0.1, 0.15) is 41.7 Å². The highest BCUT2D eigenvalue weighted by Crippen LogP contribution is 2.37. The number of benzene rings is 1. The van der Waals surface area contributed by atoms with Crippen LogP contribution in [0.15, 0.2) is 41.2 Å². The van der Waals surface area contributed by atoms with Gasteiger partial charge in [-0.25, -0.2) is 0 Å². The van der Waals surface area contributed by atoms with Gasteiger partial charge in [0.05, 0.1) is 11.3 Å². The van der Waals surface area contributed by atoms with Crippen LogP contribution in [0.3, 0.4) is 0 Å². The summed E-state index contributed by atoms with van der Waals surface area (Å²) >= 11 is 0. The third kappa shape index (κ3) is 2.20. The first-order valence-corrected chi connectivity index (χ1v) is 6.91. The molecule has 0 saturated heterocycles. The molecular formula is C17H17NO2. The Balaban J connectivity index is 2.21. The predicted molar refractivity (Wildman–Crippen MR) is 79.2 cm³/mol. The molecule has 0 atom stereocenters. The van der Waals surface area contributed by atoms with Gasteiger partial charge in [0.1, 0.15) is 0 Å². The van der Waals surface area contributed by atoms with Crippen molar-refractivity contribution in [1.29, 1.82) is 0 Å². The van der Waals surface area contributed by atoms with Gasteiger partial charge in [0.25, 0.3) is 5.56 Å². The second-order valence-electron chi connectivity index (χ2n) is 5.46. The second-order valence-corrected chi connectivity index (χ2v) is 5.46. The normalized spacial score (nSPS) is 14.3. The lowest BCUT2D eigenvalue weighted by Gasteiger charge is -2.13. The van der Waals surface area contributed by atoms with Gasteiger partial charge in [-0.1, -0.05) is 29.8 Å². The first kappa shape index (κ1) is 12.9. The molecule has 1 heterocycles. The largest absolute Gasteiger partial charge is 0.305 e. The smallest absolute Gasteiger partial charge is 0.262 e. The number of aryl methyl sites for hydroxylation is 1. The third-order valence-corrected chi connectivity index (χ3v) is 3.76. The minimum atomic E-state index is -0.167. The standard InChI is InChI=1S/C17H17NO2/c1-11-3-5-13(6-4-11)16-10-9-15(12(2)19)17(20)18(16)14-7-8-14/h3-6,9-10,14H,7-8H2,1-2H3. The van der Waals surface area contributed by atoms with Crippen molar-refractivity contribution in [1.82, 2.24) is 4.57 Å². The van der Waals surface area contributed by atoms with Crippen molar-refractivity contribution in [3.8, 4) is 11.3 Å². The van der Waals surface area contributed by atoms with E-state index < -0.39 is 0 Å². The van der Waals surface area contributed by atoms with Crippen molar-refractivity contribution >= 4 is 5.78 Å². The van der Waals surface area contributed by atoms with Gasteiger partial charge in [0, 0.05) is 6.04 Å². The van der Waals surface area contributed by atoms with Crippen molar-refractivity contribution in [2.45, 2.75) is 32.7 Å². The van der Waals surface area contributed by atoms with Crippen molar-refractivity contribution < 1.29 is 4.79 Å². The molecule has 1 aliphatic rings. The fraction of sp³-hybridized carbons (Fsp3) is 0.294. The van der Waals surface area contributed by atoms with Gasteiger partial charge >= 0.3 is 0 Å². The average molecular weight is 267 g/mol. The first-order valence-electron chi connectivity index (χ1n) is 6.91. The molecular weight excluding hydrogens is 250 g/mol. The predicted octanol–water partition coefficient (Wildman–Crippen LogP) is 3.36. The summed E-state index contributed by atoms with van der Waals surface area (Å²) < 4.78 is 1.79. The van der Waals surface area contributed by atoms with Crippen molar-refractivity contribution in [2.75, 3.05) is 0 Å². The Morgan fingerprint density at radius 1 is 1.10 bits per heavy atom. The van der Waals surface area contributed by atoms with E-state index in [4.69, 9.17) is 0 Å². The minimum absolute atomic E-state index is 0.155. The molecule has 0 radical (unpaired) electrons. The fourth-order valence-corrected chi connectivity index (χ4v) is 2.48. The van der Waals surface area contributed by atoms with Gasteiger partial charge in [0.2, 0.25) is 0 Å². The third-order valence-electron chi connectivity index (χ3n) is 3.76. The Morgan fingerprint density at radius 2 is 1.75 bits per heavy atom. The van der Waals surface area contributed by atoms with Gasteiger partial charge in [-0.2, -0.15) is 0 Å². The SMILES string of the molecule is CC(=O)c1ccc(-c2ccc(C)cc2)n(C2CC2)c1=O. The van der Waals surface area contributed by atoms with E-state index in [1.807, 2.05) is 37.3 Å². The van der Waals surface area contributed by atoms with E-state index >= 15 is 0 Å². The zero-order valence-corrected chi connectivity index (χ0v) is 11.7. The maximum absolute atomic E-state index is 12.5. The number of aromatic nitrogens is 1. The number of Topliss-reactive ketones (excluding diaryl/α,β-unsaturated/α-hetero) is 1. The van der Waals surface area contributed by atoms with Crippen LogP contribution in [0.5, 0.6) is 0 Å². The number of carbonyl (C=O) groups excluding carboxylic acids is 1. The maximum atomic E-state index is 12.5. The molecule has 0 amide bonds. The van der Waals surface area contributed by atoms with Crippen LogP contribution < -0.4 is 5.56 Å². The Hall–Kier alpha value is -2.16. The summed E-state index contributed by atoms with van der Waals surface area (Å²) in [5, 5.41) is 0. The molecule has 3 heteroatoms. The number of rotatable bonds is 3. The molecule has 0 spiro atoms. The van der Waals surface area contributed by atoms with Crippen molar-refractivity contribution in [3.05, 3.63) is 57.9 Å². The molecule has 1 aromatic carbocycles. The second kappa shape index (κ2) is 4.75. The van der Waals surface area contributed by atoms with E-state index in [1.54, 1.807) is 10.6 Å². The minimum Gasteiger partial charge on any atom is -0.305 e. The van der Waals surface area contributed by atoms with Gasteiger partial charge in [-0.05, 0) is 44.4 Å². The van der Waals surface area contributed by atoms with Crippen LogP contribution in [-0.4, -0.2) is 10.4 Å². The quantitative estimate of drug-likeness (QED) is 0.800. The van der Waals surface area contributed by atoms with Crippen LogP contribution in [0, 0.1) is 6.92 Å². The van der Waals surface area contributed by atoms with Gasteiger partial charge in [-0.3, -0.25) is 9.59 Å². The highest BCUT2D eigenvalue weighted by atomic mass is 16.1. The van der Waals surface area contributed by atoms with Crippen molar-refractivity contribution in [2.24, 2.45) is 0 Å². The Kier molecular flexibility index (Phi) is 3.05. The monoisotopic (exact) mass is 267 g/mol. The molecule has 0 N–H and O–H groups in total. The summed E-state index contributed by atoms with van der Waals surface area (Å²) in [6.07, 6.45) is 2.03. The molecule has 1 fully saturated rings. The highest BCUT2D eigenvalue weighted by molar-refractivity contribution is 5.94. The lowest BCUT2D eigenvalue weighted by Crippen LogP contribution is -2.26. The van der Waals surface area contributed by atoms with E-state index in [2.05, 4.69) is 0 Å². The summed E-state index contributed by atoms with van der Waals surface area (Å²) in [5.74, 6) is -0.167. The molecule has 20 heavy (non-hydrogen) atoms. The molecule has 0 bridgehead atoms. The topological polar surface area (TPSA) is 39.1 Å². The first-order chi connectivity index (χ1) is 9.58. The number of pyridine rings is 1. The zero-order chi connectivity index (χ0) is 14.3. The lowest BCUT2D eigenvalue weighted by atomic mass is 10.1. The van der Waals surface area contributed by atoms with Crippen LogP contribution in [0.2, 0.25) is 0 Å². The number of nitrogens with zero attached hydrogens (tertiary/aromatic N) is 1. The number of ketones is 1. The summed E-state index contributed by atoms with van der Waals surface area (Å²) in [6, 6.07) is 11.9. The van der Waals surface area contributed by atoms with Crippen LogP contribution in [0.25, 0.3) is 11.3 Å². The van der Waals surface area contributed by atoms with E-state index in [0.29, 0.717) is 0 Å². The number of carbonyl (C=O) groups is 1. The van der Waals surface area contributed by atoms with E-state index in [9.17, 15) is 9.59 Å². The Morgan fingerprint density at radius 3 is 2.30 bits per heavy atom. The van der Waals surface area contributed by atoms with E-state index in [0.717, 1.165) is 24.1 Å². The number of hydrogen-bond acceptors (Lipinski definition) is 2. The molecule has 1 aliphatic carbocycles. The molecule has 3 rings (SSSR count). The summed E-state index contributed by atoms with van der Waals surface area (Å²) in [5.41, 5.74) is 3.25. The summed E-state index contributed by atoms with van der Waals surface area (Å²) in [6.45, 7) is 3.48. The van der Waals surface area contributed by atoms with Crippen molar-refractivity contribution in [3.63, 3.8) is 0 Å². The molecule has 2 aromatic rings. The lowest BCUT2D eigenvalue weighted by molar-refractivity contribution is 0.101. The number of hydrogen-bond donors (Lipinski definition) is 0. The van der Waals surface area contributed by atoms with Gasteiger partial charge in [0.15, 0.2) is 5.78 Å². The zero-order valence-electron chi connectivity index (χ0n) is 11.7.